The highest BCUT2D eigenvalue weighted by molar-refractivity contribution is 5.79. The second-order valence-corrected chi connectivity index (χ2v) is 4.86. The van der Waals surface area contributed by atoms with Gasteiger partial charge in [-0.3, -0.25) is 4.99 Å². The Hall–Kier alpha value is -0.770. The molecular formula is C14H31N3O. The van der Waals surface area contributed by atoms with Gasteiger partial charge in [-0.2, -0.15) is 0 Å². The lowest BCUT2D eigenvalue weighted by Crippen LogP contribution is -2.39. The van der Waals surface area contributed by atoms with Gasteiger partial charge in [0.25, 0.3) is 0 Å². The fraction of sp³-hybridized carbons (Fsp3) is 0.929. The van der Waals surface area contributed by atoms with Crippen molar-refractivity contribution in [3.05, 3.63) is 0 Å². The first kappa shape index (κ1) is 17.2. The van der Waals surface area contributed by atoms with Crippen molar-refractivity contribution in [3.8, 4) is 0 Å². The fourth-order valence-electron chi connectivity index (χ4n) is 1.46. The van der Waals surface area contributed by atoms with Crippen LogP contribution in [0.4, 0.5) is 0 Å². The van der Waals surface area contributed by atoms with Crippen LogP contribution < -0.4 is 10.6 Å². The van der Waals surface area contributed by atoms with Crippen molar-refractivity contribution in [3.63, 3.8) is 0 Å². The topological polar surface area (TPSA) is 45.7 Å². The van der Waals surface area contributed by atoms with Crippen LogP contribution in [0.2, 0.25) is 0 Å². The van der Waals surface area contributed by atoms with Gasteiger partial charge in [0.15, 0.2) is 5.96 Å². The molecule has 0 rings (SSSR count). The third-order valence-electron chi connectivity index (χ3n) is 2.37. The lowest BCUT2D eigenvalue weighted by Gasteiger charge is -2.12. The highest BCUT2D eigenvalue weighted by atomic mass is 16.5. The Bertz CT molecular complexity index is 205. The smallest absolute Gasteiger partial charge is 0.191 e. The van der Waals surface area contributed by atoms with Crippen LogP contribution in [0, 0.1) is 5.92 Å². The summed E-state index contributed by atoms with van der Waals surface area (Å²) in [5.74, 6) is 1.50. The monoisotopic (exact) mass is 257 g/mol. The van der Waals surface area contributed by atoms with Crippen LogP contribution >= 0.6 is 0 Å². The zero-order valence-corrected chi connectivity index (χ0v) is 12.6. The van der Waals surface area contributed by atoms with Gasteiger partial charge in [-0.05, 0) is 19.3 Å². The summed E-state index contributed by atoms with van der Waals surface area (Å²) < 4.78 is 5.52. The predicted molar refractivity (Wildman–Crippen MR) is 79.2 cm³/mol. The summed E-state index contributed by atoms with van der Waals surface area (Å²) in [6.45, 7) is 12.8. The molecule has 0 aromatic rings. The average Bonchev–Trinajstić information content (AvgIpc) is 2.33. The van der Waals surface area contributed by atoms with Crippen molar-refractivity contribution in [1.29, 1.82) is 0 Å². The van der Waals surface area contributed by atoms with Gasteiger partial charge >= 0.3 is 0 Å². The van der Waals surface area contributed by atoms with Crippen LogP contribution in [-0.4, -0.2) is 38.8 Å². The third kappa shape index (κ3) is 11.7. The first-order valence-electron chi connectivity index (χ1n) is 7.30. The molecule has 108 valence electrons. The van der Waals surface area contributed by atoms with Gasteiger partial charge in [-0.1, -0.05) is 33.6 Å². The van der Waals surface area contributed by atoms with Crippen molar-refractivity contribution in [2.45, 2.75) is 47.0 Å². The van der Waals surface area contributed by atoms with E-state index in [1.165, 1.54) is 12.8 Å². The van der Waals surface area contributed by atoms with Crippen LogP contribution in [0.25, 0.3) is 0 Å². The van der Waals surface area contributed by atoms with E-state index in [2.05, 4.69) is 43.3 Å². The van der Waals surface area contributed by atoms with Gasteiger partial charge in [0.2, 0.25) is 0 Å². The van der Waals surface area contributed by atoms with E-state index >= 15 is 0 Å². The molecule has 0 spiro atoms. The highest BCUT2D eigenvalue weighted by Gasteiger charge is 1.97. The van der Waals surface area contributed by atoms with E-state index in [-0.39, 0.29) is 0 Å². The lowest BCUT2D eigenvalue weighted by molar-refractivity contribution is 0.114. The minimum absolute atomic E-state index is 0.598. The number of nitrogens with one attached hydrogen (secondary N) is 2. The quantitative estimate of drug-likeness (QED) is 0.359. The Labute approximate surface area is 113 Å². The fourth-order valence-corrected chi connectivity index (χ4v) is 1.46. The van der Waals surface area contributed by atoms with Crippen molar-refractivity contribution in [1.82, 2.24) is 10.6 Å². The maximum atomic E-state index is 5.52. The van der Waals surface area contributed by atoms with E-state index < -0.39 is 0 Å². The first-order chi connectivity index (χ1) is 8.70. The standard InChI is InChI=1S/C14H31N3O/c1-5-7-8-9-16-14(15-6-2)17-10-11-18-12-13(3)4/h13H,5-12H2,1-4H3,(H2,15,16,17). The molecule has 0 aliphatic carbocycles. The molecule has 0 atom stereocenters. The second-order valence-electron chi connectivity index (χ2n) is 4.86. The summed E-state index contributed by atoms with van der Waals surface area (Å²) in [6.07, 6.45) is 3.65. The van der Waals surface area contributed by atoms with Crippen molar-refractivity contribution >= 4 is 5.96 Å². The summed E-state index contributed by atoms with van der Waals surface area (Å²) in [7, 11) is 0. The number of aliphatic imine (C=N–C) groups is 1. The molecule has 0 amide bonds. The molecule has 0 unspecified atom stereocenters. The van der Waals surface area contributed by atoms with Gasteiger partial charge < -0.3 is 15.4 Å². The molecule has 18 heavy (non-hydrogen) atoms. The third-order valence-corrected chi connectivity index (χ3v) is 2.37. The Morgan fingerprint density at radius 3 is 2.56 bits per heavy atom. The highest BCUT2D eigenvalue weighted by Crippen LogP contribution is 1.93. The zero-order valence-electron chi connectivity index (χ0n) is 12.6. The summed E-state index contributed by atoms with van der Waals surface area (Å²) >= 11 is 0. The molecule has 0 saturated heterocycles. The Balaban J connectivity index is 3.68. The van der Waals surface area contributed by atoms with E-state index in [0.717, 1.165) is 45.2 Å². The van der Waals surface area contributed by atoms with Gasteiger partial charge in [-0.25, -0.2) is 0 Å². The summed E-state index contributed by atoms with van der Waals surface area (Å²) in [5, 5.41) is 6.53. The minimum atomic E-state index is 0.598. The van der Waals surface area contributed by atoms with Crippen LogP contribution in [-0.2, 0) is 4.74 Å². The molecule has 0 aliphatic heterocycles. The van der Waals surface area contributed by atoms with Crippen molar-refractivity contribution < 1.29 is 4.74 Å². The molecule has 0 fully saturated rings. The number of nitrogens with zero attached hydrogens (tertiary/aromatic N) is 1. The Kier molecular flexibility index (Phi) is 12.1. The van der Waals surface area contributed by atoms with E-state index in [0.29, 0.717) is 5.92 Å². The molecule has 4 nitrogen and oxygen atoms in total. The predicted octanol–water partition coefficient (Wildman–Crippen LogP) is 2.40. The van der Waals surface area contributed by atoms with Crippen molar-refractivity contribution in [2.24, 2.45) is 10.9 Å². The van der Waals surface area contributed by atoms with E-state index in [1.807, 2.05) is 0 Å². The normalized spacial score (nSPS) is 11.9. The van der Waals surface area contributed by atoms with E-state index in [4.69, 9.17) is 4.74 Å². The number of hydrogen-bond donors (Lipinski definition) is 2. The molecule has 2 N–H and O–H groups in total. The van der Waals surface area contributed by atoms with Crippen LogP contribution in [0.5, 0.6) is 0 Å². The number of ether oxygens (including phenoxy) is 1. The van der Waals surface area contributed by atoms with Crippen LogP contribution in [0.1, 0.15) is 47.0 Å². The van der Waals surface area contributed by atoms with Gasteiger partial charge in [-0.15, -0.1) is 0 Å². The molecular weight excluding hydrogens is 226 g/mol. The van der Waals surface area contributed by atoms with Gasteiger partial charge in [0.05, 0.1) is 6.61 Å². The Morgan fingerprint density at radius 1 is 1.17 bits per heavy atom. The Morgan fingerprint density at radius 2 is 1.94 bits per heavy atom. The zero-order chi connectivity index (χ0) is 13.6. The molecule has 0 aromatic carbocycles. The largest absolute Gasteiger partial charge is 0.379 e. The molecule has 0 heterocycles. The average molecular weight is 257 g/mol. The van der Waals surface area contributed by atoms with Crippen molar-refractivity contribution in [2.75, 3.05) is 32.8 Å². The summed E-state index contributed by atoms with van der Waals surface area (Å²) in [5.41, 5.74) is 0. The maximum absolute atomic E-state index is 5.52. The molecule has 4 heteroatoms. The SMILES string of the molecule is CCCCCN=C(NCC)NCCOCC(C)C. The molecule has 0 radical (unpaired) electrons. The van der Waals surface area contributed by atoms with Crippen LogP contribution in [0.15, 0.2) is 4.99 Å². The molecule has 0 bridgehead atoms. The first-order valence-corrected chi connectivity index (χ1v) is 7.30. The summed E-state index contributed by atoms with van der Waals surface area (Å²) in [6, 6.07) is 0. The number of hydrogen-bond acceptors (Lipinski definition) is 2. The maximum Gasteiger partial charge on any atom is 0.191 e. The molecule has 0 aliphatic rings. The van der Waals surface area contributed by atoms with E-state index in [9.17, 15) is 0 Å². The van der Waals surface area contributed by atoms with Gasteiger partial charge in [0.1, 0.15) is 0 Å². The minimum Gasteiger partial charge on any atom is -0.379 e. The molecule has 0 saturated carbocycles. The van der Waals surface area contributed by atoms with Gasteiger partial charge in [0, 0.05) is 26.2 Å². The number of guanidine groups is 1. The summed E-state index contributed by atoms with van der Waals surface area (Å²) in [4.78, 5) is 4.52. The second kappa shape index (κ2) is 12.7. The van der Waals surface area contributed by atoms with Crippen LogP contribution in [0.3, 0.4) is 0 Å². The number of rotatable bonds is 10. The lowest BCUT2D eigenvalue weighted by atomic mass is 10.2. The number of unbranched alkanes of at least 4 members (excludes halogenated alkanes) is 2. The molecule has 0 aromatic heterocycles. The van der Waals surface area contributed by atoms with E-state index in [1.54, 1.807) is 0 Å².